The molecular formula is C23H13BrFN3O5. The van der Waals surface area contributed by atoms with Crippen LogP contribution in [0.2, 0.25) is 0 Å². The van der Waals surface area contributed by atoms with E-state index in [-0.39, 0.29) is 16.8 Å². The number of halogens is 2. The zero-order valence-corrected chi connectivity index (χ0v) is 18.2. The maximum absolute atomic E-state index is 14.6. The van der Waals surface area contributed by atoms with Gasteiger partial charge in [0.1, 0.15) is 17.4 Å². The van der Waals surface area contributed by atoms with Crippen LogP contribution in [0, 0.1) is 15.9 Å². The highest BCUT2D eigenvalue weighted by Crippen LogP contribution is 2.46. The number of carbonyl (C=O) groups excluding carboxylic acids is 3. The van der Waals surface area contributed by atoms with Crippen LogP contribution in [0.25, 0.3) is 0 Å². The van der Waals surface area contributed by atoms with Crippen LogP contribution in [0.15, 0.2) is 71.2 Å². The Balaban J connectivity index is 1.63. The van der Waals surface area contributed by atoms with E-state index in [0.29, 0.717) is 10.0 Å². The first-order chi connectivity index (χ1) is 15.8. The van der Waals surface area contributed by atoms with Crippen LogP contribution in [0.4, 0.5) is 15.8 Å². The van der Waals surface area contributed by atoms with E-state index in [1.807, 2.05) is 0 Å². The van der Waals surface area contributed by atoms with Gasteiger partial charge in [0.2, 0.25) is 0 Å². The number of carbonyl (C=O) groups is 3. The van der Waals surface area contributed by atoms with E-state index in [1.165, 1.54) is 35.2 Å². The summed E-state index contributed by atoms with van der Waals surface area (Å²) in [6.07, 6.45) is 0. The number of para-hydroxylation sites is 1. The summed E-state index contributed by atoms with van der Waals surface area (Å²) < 4.78 is 15.3. The Morgan fingerprint density at radius 1 is 0.879 bits per heavy atom. The number of nitro groups is 1. The average Bonchev–Trinajstić information content (AvgIpc) is 3.04. The smallest absolute Gasteiger partial charge is 0.282 e. The molecule has 3 aromatic rings. The Morgan fingerprint density at radius 3 is 2.30 bits per heavy atom. The molecule has 1 fully saturated rings. The number of β-lactam (4-membered cyclic amide) rings is 1. The second-order valence-electron chi connectivity index (χ2n) is 7.54. The Morgan fingerprint density at radius 2 is 1.61 bits per heavy atom. The molecule has 2 heterocycles. The molecule has 1 saturated heterocycles. The lowest BCUT2D eigenvalue weighted by atomic mass is 9.86. The third-order valence-electron chi connectivity index (χ3n) is 5.77. The molecule has 10 heteroatoms. The first-order valence-corrected chi connectivity index (χ1v) is 10.6. The highest BCUT2D eigenvalue weighted by molar-refractivity contribution is 9.10. The summed E-state index contributed by atoms with van der Waals surface area (Å²) in [5.74, 6) is -3.02. The Bertz CT molecular complexity index is 1380. The number of imide groups is 1. The molecule has 3 aromatic carbocycles. The van der Waals surface area contributed by atoms with E-state index in [0.717, 1.165) is 11.0 Å². The number of fused-ring (bicyclic) bond motifs is 1. The molecule has 164 valence electrons. The molecule has 0 aliphatic carbocycles. The predicted octanol–water partition coefficient (Wildman–Crippen LogP) is 4.25. The summed E-state index contributed by atoms with van der Waals surface area (Å²) >= 11 is 3.37. The molecule has 3 amide bonds. The average molecular weight is 510 g/mol. The van der Waals surface area contributed by atoms with Crippen LogP contribution in [-0.2, 0) is 4.79 Å². The highest BCUT2D eigenvalue weighted by atomic mass is 79.9. The topological polar surface area (TPSA) is 101 Å². The molecule has 0 N–H and O–H groups in total. The Hall–Kier alpha value is -3.92. The number of nitro benzene ring substituents is 1. The second kappa shape index (κ2) is 7.59. The lowest BCUT2D eigenvalue weighted by Gasteiger charge is -2.49. The van der Waals surface area contributed by atoms with Crippen molar-refractivity contribution in [3.05, 3.63) is 104 Å². The van der Waals surface area contributed by atoms with Crippen LogP contribution in [0.1, 0.15) is 32.3 Å². The summed E-state index contributed by atoms with van der Waals surface area (Å²) in [5.41, 5.74) is -0.434. The van der Waals surface area contributed by atoms with Crippen LogP contribution >= 0.6 is 15.9 Å². The van der Waals surface area contributed by atoms with E-state index >= 15 is 0 Å². The number of hydrogen-bond donors (Lipinski definition) is 0. The van der Waals surface area contributed by atoms with Crippen molar-refractivity contribution < 1.29 is 23.7 Å². The molecule has 0 bridgehead atoms. The molecular weight excluding hydrogens is 497 g/mol. The van der Waals surface area contributed by atoms with Crippen molar-refractivity contribution in [1.82, 2.24) is 4.90 Å². The first kappa shape index (κ1) is 21.0. The van der Waals surface area contributed by atoms with Crippen molar-refractivity contribution in [2.45, 2.75) is 12.1 Å². The number of anilines is 1. The minimum atomic E-state index is -1.29. The third-order valence-corrected chi connectivity index (χ3v) is 6.26. The minimum absolute atomic E-state index is 0.00585. The van der Waals surface area contributed by atoms with Gasteiger partial charge in [0.05, 0.1) is 22.2 Å². The van der Waals surface area contributed by atoms with Gasteiger partial charge in [-0.2, -0.15) is 0 Å². The van der Waals surface area contributed by atoms with Crippen molar-refractivity contribution in [2.24, 2.45) is 0 Å². The molecule has 0 saturated carbocycles. The van der Waals surface area contributed by atoms with E-state index in [4.69, 9.17) is 0 Å². The van der Waals surface area contributed by atoms with Crippen molar-refractivity contribution >= 4 is 45.0 Å². The second-order valence-corrected chi connectivity index (χ2v) is 8.46. The SMILES string of the molecule is O=C1c2cccc([N+](=O)[O-])c2C(=O)N1[C@H]1C(=O)N(c2ccccc2F)[C@@H]1c1cccc(Br)c1. The van der Waals surface area contributed by atoms with Gasteiger partial charge in [-0.15, -0.1) is 0 Å². The number of nitrogens with zero attached hydrogens (tertiary/aromatic N) is 3. The monoisotopic (exact) mass is 509 g/mol. The standard InChI is InChI=1S/C23H13BrFN3O5/c24-13-6-3-5-12(11-13)19-20(23(31)26(19)16-9-2-1-8-15(16)25)27-21(29)14-7-4-10-17(28(32)33)18(14)22(27)30/h1-11,19-20H/t19-,20-/m1/s1. The fourth-order valence-corrected chi connectivity index (χ4v) is 4.77. The molecule has 2 atom stereocenters. The predicted molar refractivity (Wildman–Crippen MR) is 118 cm³/mol. The van der Waals surface area contributed by atoms with E-state index < -0.39 is 46.2 Å². The summed E-state index contributed by atoms with van der Waals surface area (Å²) in [4.78, 5) is 52.3. The number of hydrogen-bond acceptors (Lipinski definition) is 5. The summed E-state index contributed by atoms with van der Waals surface area (Å²) in [7, 11) is 0. The zero-order valence-electron chi connectivity index (χ0n) is 16.6. The Kier molecular flexibility index (Phi) is 4.82. The van der Waals surface area contributed by atoms with E-state index in [9.17, 15) is 28.9 Å². The normalized spacial score (nSPS) is 19.5. The van der Waals surface area contributed by atoms with Crippen molar-refractivity contribution in [2.75, 3.05) is 4.90 Å². The third kappa shape index (κ3) is 3.05. The lowest BCUT2D eigenvalue weighted by Crippen LogP contribution is -2.67. The molecule has 0 spiro atoms. The van der Waals surface area contributed by atoms with Crippen molar-refractivity contribution in [1.29, 1.82) is 0 Å². The summed E-state index contributed by atoms with van der Waals surface area (Å²) in [6, 6.07) is 14.2. The van der Waals surface area contributed by atoms with Crippen LogP contribution < -0.4 is 4.90 Å². The van der Waals surface area contributed by atoms with E-state index in [2.05, 4.69) is 15.9 Å². The van der Waals surface area contributed by atoms with Crippen LogP contribution in [-0.4, -0.2) is 33.6 Å². The van der Waals surface area contributed by atoms with Gasteiger partial charge >= 0.3 is 0 Å². The molecule has 8 nitrogen and oxygen atoms in total. The van der Waals surface area contributed by atoms with Gasteiger partial charge in [-0.25, -0.2) is 4.39 Å². The molecule has 2 aliphatic heterocycles. The molecule has 0 aromatic heterocycles. The number of benzene rings is 3. The fourth-order valence-electron chi connectivity index (χ4n) is 4.35. The lowest BCUT2D eigenvalue weighted by molar-refractivity contribution is -0.385. The zero-order chi connectivity index (χ0) is 23.4. The van der Waals surface area contributed by atoms with Gasteiger partial charge in [0.25, 0.3) is 23.4 Å². The van der Waals surface area contributed by atoms with Crippen molar-refractivity contribution in [3.8, 4) is 0 Å². The summed E-state index contributed by atoms with van der Waals surface area (Å²) in [6.45, 7) is 0. The largest absolute Gasteiger partial charge is 0.297 e. The number of rotatable bonds is 4. The van der Waals surface area contributed by atoms with Gasteiger partial charge in [-0.3, -0.25) is 34.3 Å². The Labute approximate surface area is 194 Å². The molecule has 33 heavy (non-hydrogen) atoms. The molecule has 0 radical (unpaired) electrons. The van der Waals surface area contributed by atoms with Gasteiger partial charge in [0.15, 0.2) is 0 Å². The number of amides is 3. The van der Waals surface area contributed by atoms with Crippen molar-refractivity contribution in [3.63, 3.8) is 0 Å². The molecule has 2 aliphatic rings. The minimum Gasteiger partial charge on any atom is -0.297 e. The highest BCUT2D eigenvalue weighted by Gasteiger charge is 2.58. The first-order valence-electron chi connectivity index (χ1n) is 9.79. The quantitative estimate of drug-likeness (QED) is 0.226. The van der Waals surface area contributed by atoms with Crippen LogP contribution in [0.5, 0.6) is 0 Å². The maximum atomic E-state index is 14.6. The summed E-state index contributed by atoms with van der Waals surface area (Å²) in [5, 5.41) is 11.4. The maximum Gasteiger partial charge on any atom is 0.282 e. The molecule has 0 unspecified atom stereocenters. The van der Waals surface area contributed by atoms with Gasteiger partial charge < -0.3 is 0 Å². The van der Waals surface area contributed by atoms with Gasteiger partial charge in [-0.1, -0.05) is 46.3 Å². The molecule has 5 rings (SSSR count). The van der Waals surface area contributed by atoms with Gasteiger partial charge in [0, 0.05) is 10.5 Å². The van der Waals surface area contributed by atoms with Crippen LogP contribution in [0.3, 0.4) is 0 Å². The fraction of sp³-hybridized carbons (Fsp3) is 0.0870. The van der Waals surface area contributed by atoms with Gasteiger partial charge in [-0.05, 0) is 35.9 Å². The van der Waals surface area contributed by atoms with E-state index in [1.54, 1.807) is 30.3 Å².